The molecule has 3 aromatic rings. The van der Waals surface area contributed by atoms with Gasteiger partial charge >= 0.3 is 0 Å². The fourth-order valence-electron chi connectivity index (χ4n) is 4.50. The van der Waals surface area contributed by atoms with Gasteiger partial charge in [0, 0.05) is 36.4 Å². The smallest absolute Gasteiger partial charge is 0.247 e. The molecule has 35 heavy (non-hydrogen) atoms. The number of carbonyl (C=O) groups excluding carboxylic acids is 1. The number of pyridine rings is 1. The van der Waals surface area contributed by atoms with Gasteiger partial charge in [-0.2, -0.15) is 10.1 Å². The lowest BCUT2D eigenvalue weighted by Gasteiger charge is -2.25. The van der Waals surface area contributed by atoms with Crippen LogP contribution in [0.15, 0.2) is 24.4 Å². The SMILES string of the molecule is CC(C)c1cc(Nc2nc(N3CCC[C@@H]3C(=O)Nc3ccc(O)nc3)nc3c2[C@@H](O)C[C@@H]3O)n[nH]1. The van der Waals surface area contributed by atoms with Gasteiger partial charge in [-0.15, -0.1) is 0 Å². The van der Waals surface area contributed by atoms with E-state index in [4.69, 9.17) is 0 Å². The summed E-state index contributed by atoms with van der Waals surface area (Å²) >= 11 is 0. The molecule has 0 unspecified atom stereocenters. The number of H-pyrrole nitrogens is 1. The number of hydrogen-bond donors (Lipinski definition) is 6. The van der Waals surface area contributed by atoms with Gasteiger partial charge in [0.1, 0.15) is 11.9 Å². The van der Waals surface area contributed by atoms with E-state index in [1.165, 1.54) is 12.3 Å². The van der Waals surface area contributed by atoms with Crippen molar-refractivity contribution in [2.75, 3.05) is 22.1 Å². The summed E-state index contributed by atoms with van der Waals surface area (Å²) in [6, 6.07) is 4.31. The number of nitrogens with zero attached hydrogens (tertiary/aromatic N) is 5. The lowest BCUT2D eigenvalue weighted by atomic mass is 10.1. The lowest BCUT2D eigenvalue weighted by molar-refractivity contribution is -0.117. The fourth-order valence-corrected chi connectivity index (χ4v) is 4.50. The van der Waals surface area contributed by atoms with Gasteiger partial charge < -0.3 is 30.9 Å². The molecule has 184 valence electrons. The van der Waals surface area contributed by atoms with E-state index in [0.717, 1.165) is 12.1 Å². The number of hydrogen-bond acceptors (Lipinski definition) is 10. The van der Waals surface area contributed by atoms with Crippen molar-refractivity contribution in [1.29, 1.82) is 0 Å². The van der Waals surface area contributed by atoms with Crippen LogP contribution in [0.5, 0.6) is 5.88 Å². The fraction of sp³-hybridized carbons (Fsp3) is 0.435. The number of aliphatic hydroxyl groups excluding tert-OH is 2. The van der Waals surface area contributed by atoms with Crippen LogP contribution in [0.25, 0.3) is 0 Å². The zero-order valence-corrected chi connectivity index (χ0v) is 19.4. The molecule has 4 heterocycles. The Morgan fingerprint density at radius 3 is 2.77 bits per heavy atom. The Morgan fingerprint density at radius 1 is 1.23 bits per heavy atom. The zero-order chi connectivity index (χ0) is 24.7. The third-order valence-corrected chi connectivity index (χ3v) is 6.35. The van der Waals surface area contributed by atoms with E-state index in [2.05, 4.69) is 35.8 Å². The van der Waals surface area contributed by atoms with E-state index < -0.39 is 18.2 Å². The zero-order valence-electron chi connectivity index (χ0n) is 19.4. The molecule has 3 aromatic heterocycles. The lowest BCUT2D eigenvalue weighted by Crippen LogP contribution is -2.40. The summed E-state index contributed by atoms with van der Waals surface area (Å²) in [5.41, 5.74) is 2.19. The van der Waals surface area contributed by atoms with Crippen molar-refractivity contribution in [1.82, 2.24) is 25.1 Å². The van der Waals surface area contributed by atoms with Crippen molar-refractivity contribution < 1.29 is 20.1 Å². The van der Waals surface area contributed by atoms with Crippen LogP contribution in [0.2, 0.25) is 0 Å². The molecule has 12 nitrogen and oxygen atoms in total. The molecule has 6 N–H and O–H groups in total. The molecule has 2 aliphatic rings. The van der Waals surface area contributed by atoms with Gasteiger partial charge in [-0.05, 0) is 24.8 Å². The first-order chi connectivity index (χ1) is 16.8. The Kier molecular flexibility index (Phi) is 5.99. The summed E-state index contributed by atoms with van der Waals surface area (Å²) in [6.45, 7) is 4.65. The van der Waals surface area contributed by atoms with Crippen molar-refractivity contribution in [3.63, 3.8) is 0 Å². The number of amides is 1. The number of nitrogens with one attached hydrogen (secondary N) is 3. The summed E-state index contributed by atoms with van der Waals surface area (Å²) in [7, 11) is 0. The molecule has 5 rings (SSSR count). The molecule has 1 saturated heterocycles. The van der Waals surface area contributed by atoms with E-state index in [1.54, 1.807) is 11.0 Å². The van der Waals surface area contributed by atoms with E-state index in [9.17, 15) is 20.1 Å². The average molecular weight is 481 g/mol. The molecular weight excluding hydrogens is 452 g/mol. The van der Waals surface area contributed by atoms with Crippen molar-refractivity contribution >= 4 is 29.2 Å². The normalized spacial score (nSPS) is 21.4. The molecule has 1 aliphatic carbocycles. The number of rotatable bonds is 6. The second kappa shape index (κ2) is 9.12. The molecule has 0 radical (unpaired) electrons. The van der Waals surface area contributed by atoms with Gasteiger partial charge in [0.25, 0.3) is 0 Å². The topological polar surface area (TPSA) is 172 Å². The van der Waals surface area contributed by atoms with Gasteiger partial charge in [-0.3, -0.25) is 9.89 Å². The van der Waals surface area contributed by atoms with Crippen molar-refractivity contribution in [3.8, 4) is 5.88 Å². The Morgan fingerprint density at radius 2 is 2.06 bits per heavy atom. The molecule has 0 aromatic carbocycles. The largest absolute Gasteiger partial charge is 0.493 e. The van der Waals surface area contributed by atoms with E-state index in [1.807, 2.05) is 19.9 Å². The van der Waals surface area contributed by atoms with Crippen LogP contribution in [0.1, 0.15) is 68.2 Å². The van der Waals surface area contributed by atoms with E-state index >= 15 is 0 Å². The number of anilines is 4. The van der Waals surface area contributed by atoms with Crippen LogP contribution in [0.3, 0.4) is 0 Å². The molecule has 0 spiro atoms. The number of aromatic amines is 1. The van der Waals surface area contributed by atoms with Gasteiger partial charge in [0.05, 0.1) is 29.8 Å². The predicted octanol–water partition coefficient (Wildman–Crippen LogP) is 2.25. The molecule has 1 amide bonds. The quantitative estimate of drug-likeness (QED) is 0.307. The Balaban J connectivity index is 1.45. The number of carbonyl (C=O) groups is 1. The van der Waals surface area contributed by atoms with Crippen LogP contribution in [-0.4, -0.2) is 59.0 Å². The first-order valence-corrected chi connectivity index (χ1v) is 11.6. The summed E-state index contributed by atoms with van der Waals surface area (Å²) < 4.78 is 0. The highest BCUT2D eigenvalue weighted by Gasteiger charge is 2.38. The number of aromatic nitrogens is 5. The van der Waals surface area contributed by atoms with Gasteiger partial charge in [0.15, 0.2) is 5.82 Å². The van der Waals surface area contributed by atoms with Gasteiger partial charge in [-0.25, -0.2) is 9.97 Å². The maximum atomic E-state index is 13.1. The summed E-state index contributed by atoms with van der Waals surface area (Å²) in [6.07, 6.45) is 1.01. The minimum absolute atomic E-state index is 0.123. The average Bonchev–Trinajstić information content (AvgIpc) is 3.55. The van der Waals surface area contributed by atoms with Crippen LogP contribution in [0.4, 0.5) is 23.3 Å². The first kappa shape index (κ1) is 23.0. The maximum absolute atomic E-state index is 13.1. The molecule has 3 atom stereocenters. The molecular formula is C23H28N8O4. The standard InChI is InChI=1S/C23H28N8O4/c1-11(2)13-8-17(30-29-13)26-21-19-15(32)9-16(33)20(19)27-23(28-21)31-7-3-4-14(31)22(35)25-12-5-6-18(34)24-10-12/h5-6,8,10-11,14-16,32-33H,3-4,7,9H2,1-2H3,(H,24,34)(H,25,35)(H2,26,27,28,29,30)/t14-,15+,16+/m1/s1. The Hall–Kier alpha value is -3.77. The number of fused-ring (bicyclic) bond motifs is 1. The van der Waals surface area contributed by atoms with Crippen LogP contribution >= 0.6 is 0 Å². The van der Waals surface area contributed by atoms with Gasteiger partial charge in [-0.1, -0.05) is 13.8 Å². The first-order valence-electron chi connectivity index (χ1n) is 11.6. The molecule has 1 aliphatic heterocycles. The third-order valence-electron chi connectivity index (χ3n) is 6.35. The number of aliphatic hydroxyl groups is 2. The van der Waals surface area contributed by atoms with Crippen molar-refractivity contribution in [2.45, 2.75) is 57.3 Å². The van der Waals surface area contributed by atoms with Crippen LogP contribution < -0.4 is 15.5 Å². The van der Waals surface area contributed by atoms with E-state index in [-0.39, 0.29) is 24.1 Å². The highest BCUT2D eigenvalue weighted by Crippen LogP contribution is 2.43. The third kappa shape index (κ3) is 4.49. The Bertz CT molecular complexity index is 1230. The molecule has 0 saturated carbocycles. The highest BCUT2D eigenvalue weighted by molar-refractivity contribution is 5.97. The monoisotopic (exact) mass is 480 g/mol. The molecule has 12 heteroatoms. The predicted molar refractivity (Wildman–Crippen MR) is 127 cm³/mol. The second-order valence-corrected chi connectivity index (χ2v) is 9.17. The number of aromatic hydroxyl groups is 1. The highest BCUT2D eigenvalue weighted by atomic mass is 16.3. The van der Waals surface area contributed by atoms with Gasteiger partial charge in [0.2, 0.25) is 17.7 Å². The summed E-state index contributed by atoms with van der Waals surface area (Å²) in [4.78, 5) is 27.9. The summed E-state index contributed by atoms with van der Waals surface area (Å²) in [5, 5.41) is 43.7. The summed E-state index contributed by atoms with van der Waals surface area (Å²) in [5.74, 6) is 1.05. The molecule has 1 fully saturated rings. The van der Waals surface area contributed by atoms with Crippen LogP contribution in [-0.2, 0) is 4.79 Å². The van der Waals surface area contributed by atoms with Crippen LogP contribution in [0, 0.1) is 0 Å². The second-order valence-electron chi connectivity index (χ2n) is 9.17. The minimum atomic E-state index is -0.939. The Labute approximate surface area is 201 Å². The van der Waals surface area contributed by atoms with Crippen molar-refractivity contribution in [3.05, 3.63) is 41.3 Å². The molecule has 0 bridgehead atoms. The van der Waals surface area contributed by atoms with E-state index in [0.29, 0.717) is 47.5 Å². The van der Waals surface area contributed by atoms with Crippen molar-refractivity contribution in [2.24, 2.45) is 0 Å². The minimum Gasteiger partial charge on any atom is -0.493 e. The maximum Gasteiger partial charge on any atom is 0.247 e.